The SMILES string of the molecule is CCc1nnc2c(NCCc3ccc(Cl)cc3)nc3ccccc3n12. The Balaban J connectivity index is 1.66. The van der Waals surface area contributed by atoms with E-state index in [0.717, 1.165) is 52.7 Å². The average Bonchev–Trinajstić information content (AvgIpc) is 3.08. The molecule has 2 aromatic carbocycles. The van der Waals surface area contributed by atoms with Crippen molar-refractivity contribution in [2.75, 3.05) is 11.9 Å². The molecule has 126 valence electrons. The second kappa shape index (κ2) is 6.69. The van der Waals surface area contributed by atoms with Crippen LogP contribution in [-0.4, -0.2) is 26.1 Å². The highest BCUT2D eigenvalue weighted by Crippen LogP contribution is 2.22. The lowest BCUT2D eigenvalue weighted by atomic mass is 10.1. The predicted molar refractivity (Wildman–Crippen MR) is 101 cm³/mol. The summed E-state index contributed by atoms with van der Waals surface area (Å²) in [6.45, 7) is 2.84. The van der Waals surface area contributed by atoms with Crippen LogP contribution < -0.4 is 5.32 Å². The van der Waals surface area contributed by atoms with E-state index in [2.05, 4.69) is 32.9 Å². The van der Waals surface area contributed by atoms with Crippen LogP contribution >= 0.6 is 11.6 Å². The van der Waals surface area contributed by atoms with E-state index in [1.54, 1.807) is 0 Å². The molecule has 2 aromatic heterocycles. The summed E-state index contributed by atoms with van der Waals surface area (Å²) in [7, 11) is 0. The van der Waals surface area contributed by atoms with Crippen molar-refractivity contribution >= 4 is 34.1 Å². The summed E-state index contributed by atoms with van der Waals surface area (Å²) in [6.07, 6.45) is 1.70. The molecule has 4 rings (SSSR count). The fourth-order valence-corrected chi connectivity index (χ4v) is 3.09. The molecular weight excluding hydrogens is 334 g/mol. The first-order valence-corrected chi connectivity index (χ1v) is 8.75. The monoisotopic (exact) mass is 351 g/mol. The molecule has 0 saturated carbocycles. The fraction of sp³-hybridized carbons (Fsp3) is 0.211. The molecule has 2 heterocycles. The van der Waals surface area contributed by atoms with Gasteiger partial charge in [-0.1, -0.05) is 42.8 Å². The lowest BCUT2D eigenvalue weighted by Gasteiger charge is -2.10. The predicted octanol–water partition coefficient (Wildman–Crippen LogP) is 4.15. The molecule has 6 heteroatoms. The first-order valence-electron chi connectivity index (χ1n) is 8.37. The molecule has 0 amide bonds. The summed E-state index contributed by atoms with van der Waals surface area (Å²) in [5, 5.41) is 12.8. The highest BCUT2D eigenvalue weighted by atomic mass is 35.5. The van der Waals surface area contributed by atoms with Gasteiger partial charge in [0.05, 0.1) is 11.0 Å². The number of anilines is 1. The maximum atomic E-state index is 5.93. The number of hydrogen-bond acceptors (Lipinski definition) is 4. The molecule has 0 aliphatic carbocycles. The van der Waals surface area contributed by atoms with Crippen LogP contribution in [0.2, 0.25) is 5.02 Å². The van der Waals surface area contributed by atoms with E-state index >= 15 is 0 Å². The maximum absolute atomic E-state index is 5.93. The van der Waals surface area contributed by atoms with E-state index in [-0.39, 0.29) is 0 Å². The number of para-hydroxylation sites is 2. The molecule has 0 fully saturated rings. The average molecular weight is 352 g/mol. The van der Waals surface area contributed by atoms with Gasteiger partial charge in [-0.25, -0.2) is 4.98 Å². The molecule has 5 nitrogen and oxygen atoms in total. The number of benzene rings is 2. The van der Waals surface area contributed by atoms with Gasteiger partial charge < -0.3 is 5.32 Å². The zero-order valence-electron chi connectivity index (χ0n) is 13.9. The molecule has 0 aliphatic rings. The molecule has 0 radical (unpaired) electrons. The van der Waals surface area contributed by atoms with Crippen molar-refractivity contribution in [1.29, 1.82) is 0 Å². The van der Waals surface area contributed by atoms with E-state index in [0.29, 0.717) is 0 Å². The Morgan fingerprint density at radius 1 is 1.04 bits per heavy atom. The second-order valence-electron chi connectivity index (χ2n) is 5.88. The van der Waals surface area contributed by atoms with Crippen molar-refractivity contribution in [3.05, 3.63) is 64.9 Å². The van der Waals surface area contributed by atoms with Gasteiger partial charge in [-0.2, -0.15) is 0 Å². The second-order valence-corrected chi connectivity index (χ2v) is 6.32. The van der Waals surface area contributed by atoms with Crippen molar-refractivity contribution in [2.24, 2.45) is 0 Å². The summed E-state index contributed by atoms with van der Waals surface area (Å²) in [5.74, 6) is 1.70. The fourth-order valence-electron chi connectivity index (χ4n) is 2.97. The Labute approximate surface area is 150 Å². The normalized spacial score (nSPS) is 11.3. The maximum Gasteiger partial charge on any atom is 0.204 e. The van der Waals surface area contributed by atoms with Gasteiger partial charge in [-0.3, -0.25) is 4.40 Å². The Morgan fingerprint density at radius 2 is 1.84 bits per heavy atom. The van der Waals surface area contributed by atoms with Crippen LogP contribution in [0, 0.1) is 0 Å². The zero-order valence-corrected chi connectivity index (χ0v) is 14.7. The molecule has 0 spiro atoms. The van der Waals surface area contributed by atoms with Crippen molar-refractivity contribution in [3.8, 4) is 0 Å². The van der Waals surface area contributed by atoms with Crippen molar-refractivity contribution in [2.45, 2.75) is 19.8 Å². The topological polar surface area (TPSA) is 55.1 Å². The van der Waals surface area contributed by atoms with Crippen LogP contribution in [0.5, 0.6) is 0 Å². The highest BCUT2D eigenvalue weighted by Gasteiger charge is 2.13. The van der Waals surface area contributed by atoms with Crippen molar-refractivity contribution in [1.82, 2.24) is 19.6 Å². The lowest BCUT2D eigenvalue weighted by Crippen LogP contribution is -2.09. The quantitative estimate of drug-likeness (QED) is 0.587. The van der Waals surface area contributed by atoms with E-state index in [1.165, 1.54) is 5.56 Å². The molecule has 0 saturated heterocycles. The minimum atomic E-state index is 0.755. The van der Waals surface area contributed by atoms with Crippen LogP contribution in [-0.2, 0) is 12.8 Å². The van der Waals surface area contributed by atoms with E-state index < -0.39 is 0 Å². The molecule has 0 atom stereocenters. The van der Waals surface area contributed by atoms with Gasteiger partial charge in [0.25, 0.3) is 0 Å². The van der Waals surface area contributed by atoms with E-state index in [9.17, 15) is 0 Å². The number of aromatic nitrogens is 4. The molecule has 0 bridgehead atoms. The van der Waals surface area contributed by atoms with Crippen molar-refractivity contribution in [3.63, 3.8) is 0 Å². The first kappa shape index (κ1) is 15.8. The standard InChI is InChI=1S/C19H18ClN5/c1-2-17-23-24-19-18(21-12-11-13-7-9-14(20)10-8-13)22-15-5-3-4-6-16(15)25(17)19/h3-10H,2,11-12H2,1H3,(H,21,22). The molecule has 4 aromatic rings. The summed E-state index contributed by atoms with van der Waals surface area (Å²) in [4.78, 5) is 4.74. The molecule has 1 N–H and O–H groups in total. The number of nitrogens with one attached hydrogen (secondary N) is 1. The Morgan fingerprint density at radius 3 is 2.64 bits per heavy atom. The van der Waals surface area contributed by atoms with E-state index in [4.69, 9.17) is 16.6 Å². The molecule has 0 aliphatic heterocycles. The van der Waals surface area contributed by atoms with E-state index in [1.807, 2.05) is 42.5 Å². The van der Waals surface area contributed by atoms with Crippen LogP contribution in [0.3, 0.4) is 0 Å². The smallest absolute Gasteiger partial charge is 0.204 e. The van der Waals surface area contributed by atoms with Gasteiger partial charge in [0, 0.05) is 18.0 Å². The van der Waals surface area contributed by atoms with Crippen LogP contribution in [0.4, 0.5) is 5.82 Å². The number of nitrogens with zero attached hydrogens (tertiary/aromatic N) is 4. The highest BCUT2D eigenvalue weighted by molar-refractivity contribution is 6.30. The number of halogens is 1. The summed E-state index contributed by atoms with van der Waals surface area (Å²) in [6, 6.07) is 16.0. The Hall–Kier alpha value is -2.66. The van der Waals surface area contributed by atoms with Crippen molar-refractivity contribution < 1.29 is 0 Å². The minimum absolute atomic E-state index is 0.755. The molecule has 0 unspecified atom stereocenters. The largest absolute Gasteiger partial charge is 0.367 e. The van der Waals surface area contributed by atoms with Crippen LogP contribution in [0.1, 0.15) is 18.3 Å². The Bertz CT molecular complexity index is 1020. The van der Waals surface area contributed by atoms with Gasteiger partial charge in [0.1, 0.15) is 5.82 Å². The number of rotatable bonds is 5. The Kier molecular flexibility index (Phi) is 4.24. The number of aryl methyl sites for hydroxylation is 1. The molecule has 25 heavy (non-hydrogen) atoms. The third-order valence-electron chi connectivity index (χ3n) is 4.23. The number of fused-ring (bicyclic) bond motifs is 3. The zero-order chi connectivity index (χ0) is 17.2. The third kappa shape index (κ3) is 3.03. The van der Waals surface area contributed by atoms with Gasteiger partial charge >= 0.3 is 0 Å². The third-order valence-corrected chi connectivity index (χ3v) is 4.48. The van der Waals surface area contributed by atoms with Gasteiger partial charge in [0.2, 0.25) is 5.65 Å². The minimum Gasteiger partial charge on any atom is -0.367 e. The number of hydrogen-bond donors (Lipinski definition) is 1. The summed E-state index contributed by atoms with van der Waals surface area (Å²) in [5.41, 5.74) is 3.96. The van der Waals surface area contributed by atoms with Crippen LogP contribution in [0.15, 0.2) is 48.5 Å². The van der Waals surface area contributed by atoms with Crippen LogP contribution in [0.25, 0.3) is 16.7 Å². The van der Waals surface area contributed by atoms with Gasteiger partial charge in [-0.05, 0) is 36.2 Å². The summed E-state index contributed by atoms with van der Waals surface area (Å²) < 4.78 is 2.09. The summed E-state index contributed by atoms with van der Waals surface area (Å²) >= 11 is 5.93. The lowest BCUT2D eigenvalue weighted by molar-refractivity contribution is 0.921. The van der Waals surface area contributed by atoms with Gasteiger partial charge in [-0.15, -0.1) is 10.2 Å². The first-order chi connectivity index (χ1) is 12.3. The molecular formula is C19H18ClN5. The van der Waals surface area contributed by atoms with Gasteiger partial charge in [0.15, 0.2) is 5.82 Å².